The van der Waals surface area contributed by atoms with Crippen LogP contribution in [-0.4, -0.2) is 18.8 Å². The number of carbonyl (C=O) groups is 1. The van der Waals surface area contributed by atoms with Crippen LogP contribution in [0.2, 0.25) is 0 Å². The van der Waals surface area contributed by atoms with E-state index >= 15 is 0 Å². The van der Waals surface area contributed by atoms with Gasteiger partial charge in [-0.1, -0.05) is 18.2 Å². The summed E-state index contributed by atoms with van der Waals surface area (Å²) >= 11 is 0. The first-order chi connectivity index (χ1) is 10.7. The van der Waals surface area contributed by atoms with Crippen LogP contribution in [0.1, 0.15) is 48.4 Å². The van der Waals surface area contributed by atoms with E-state index in [0.717, 1.165) is 37.7 Å². The van der Waals surface area contributed by atoms with Gasteiger partial charge in [-0.15, -0.1) is 0 Å². The highest BCUT2D eigenvalue weighted by atomic mass is 16.8. The van der Waals surface area contributed by atoms with Gasteiger partial charge in [0.2, 0.25) is 0 Å². The fraction of sp³-hybridized carbons (Fsp3) is 0.471. The molecule has 5 heteroatoms. The molecular formula is C17H22N2O3. The molecule has 0 spiro atoms. The van der Waals surface area contributed by atoms with Crippen molar-refractivity contribution in [3.8, 4) is 0 Å². The second-order valence-corrected chi connectivity index (χ2v) is 5.82. The standard InChI is InChI=1S/C17H22N2O3/c18-15-8-6-13-11-12(4-7-14(13)15)5-9-16(20)19-22-17-3-1-2-10-21-17/h4-5,7,9,11,15,17H,1-3,6,8,10,18H2,(H,19,20)/b9-5+. The van der Waals surface area contributed by atoms with Crippen LogP contribution in [-0.2, 0) is 20.8 Å². The summed E-state index contributed by atoms with van der Waals surface area (Å²) in [5.41, 5.74) is 11.9. The topological polar surface area (TPSA) is 73.6 Å². The van der Waals surface area contributed by atoms with Gasteiger partial charge >= 0.3 is 0 Å². The lowest BCUT2D eigenvalue weighted by Crippen LogP contribution is -2.32. The normalized spacial score (nSPS) is 24.4. The van der Waals surface area contributed by atoms with E-state index in [2.05, 4.69) is 17.6 Å². The summed E-state index contributed by atoms with van der Waals surface area (Å²) in [6.07, 6.45) is 7.86. The molecule has 5 nitrogen and oxygen atoms in total. The van der Waals surface area contributed by atoms with Crippen molar-refractivity contribution >= 4 is 12.0 Å². The second kappa shape index (κ2) is 7.05. The van der Waals surface area contributed by atoms with Gasteiger partial charge in [0.25, 0.3) is 5.91 Å². The Hall–Kier alpha value is -1.69. The zero-order valence-electron chi connectivity index (χ0n) is 12.6. The highest BCUT2D eigenvalue weighted by molar-refractivity contribution is 5.91. The average molecular weight is 302 g/mol. The van der Waals surface area contributed by atoms with E-state index in [1.165, 1.54) is 17.2 Å². The van der Waals surface area contributed by atoms with E-state index in [1.807, 2.05) is 6.07 Å². The number of ether oxygens (including phenoxy) is 1. The van der Waals surface area contributed by atoms with Crippen LogP contribution >= 0.6 is 0 Å². The maximum atomic E-state index is 11.7. The molecule has 0 bridgehead atoms. The first-order valence-electron chi connectivity index (χ1n) is 7.86. The number of hydroxylamine groups is 1. The molecule has 1 heterocycles. The molecule has 2 unspecified atom stereocenters. The minimum Gasteiger partial charge on any atom is -0.350 e. The third-order valence-corrected chi connectivity index (χ3v) is 4.15. The first-order valence-corrected chi connectivity index (χ1v) is 7.86. The monoisotopic (exact) mass is 302 g/mol. The second-order valence-electron chi connectivity index (χ2n) is 5.82. The van der Waals surface area contributed by atoms with Crippen LogP contribution in [0.4, 0.5) is 0 Å². The maximum absolute atomic E-state index is 11.7. The van der Waals surface area contributed by atoms with Crippen LogP contribution in [0, 0.1) is 0 Å². The Labute approximate surface area is 130 Å². The molecule has 1 aliphatic heterocycles. The van der Waals surface area contributed by atoms with Gasteiger partial charge in [0.05, 0.1) is 0 Å². The molecule has 2 aliphatic rings. The molecule has 3 N–H and O–H groups in total. The minimum atomic E-state index is -0.326. The van der Waals surface area contributed by atoms with E-state index in [-0.39, 0.29) is 18.2 Å². The van der Waals surface area contributed by atoms with Crippen molar-refractivity contribution in [3.63, 3.8) is 0 Å². The number of nitrogens with one attached hydrogen (secondary N) is 1. The van der Waals surface area contributed by atoms with E-state index in [0.29, 0.717) is 6.61 Å². The molecule has 3 rings (SSSR count). The number of hydrogen-bond donors (Lipinski definition) is 2. The van der Waals surface area contributed by atoms with Crippen LogP contribution in [0.25, 0.3) is 6.08 Å². The number of aryl methyl sites for hydroxylation is 1. The lowest BCUT2D eigenvalue weighted by atomic mass is 10.0. The van der Waals surface area contributed by atoms with Gasteiger partial charge in [-0.3, -0.25) is 4.79 Å². The Morgan fingerprint density at radius 1 is 1.36 bits per heavy atom. The van der Waals surface area contributed by atoms with Gasteiger partial charge in [0.1, 0.15) is 0 Å². The van der Waals surface area contributed by atoms with E-state index in [1.54, 1.807) is 6.08 Å². The van der Waals surface area contributed by atoms with Crippen molar-refractivity contribution in [2.45, 2.75) is 44.4 Å². The number of amides is 1. The van der Waals surface area contributed by atoms with Gasteiger partial charge in [0, 0.05) is 25.1 Å². The number of nitrogens with two attached hydrogens (primary N) is 1. The van der Waals surface area contributed by atoms with Crippen molar-refractivity contribution < 1.29 is 14.4 Å². The Morgan fingerprint density at radius 3 is 3.09 bits per heavy atom. The molecule has 1 fully saturated rings. The number of hydrogen-bond acceptors (Lipinski definition) is 4. The Bertz CT molecular complexity index is 565. The summed E-state index contributed by atoms with van der Waals surface area (Å²) < 4.78 is 5.38. The van der Waals surface area contributed by atoms with Crippen molar-refractivity contribution in [2.75, 3.05) is 6.61 Å². The Morgan fingerprint density at radius 2 is 2.27 bits per heavy atom. The molecule has 0 saturated carbocycles. The predicted octanol–water partition coefficient (Wildman–Crippen LogP) is 2.22. The summed E-state index contributed by atoms with van der Waals surface area (Å²) in [5.74, 6) is -0.286. The van der Waals surface area contributed by atoms with Gasteiger partial charge in [-0.25, -0.2) is 10.3 Å². The molecule has 118 valence electrons. The summed E-state index contributed by atoms with van der Waals surface area (Å²) in [6.45, 7) is 0.688. The lowest BCUT2D eigenvalue weighted by Gasteiger charge is -2.21. The van der Waals surface area contributed by atoms with Gasteiger partial charge in [-0.2, -0.15) is 0 Å². The molecule has 1 aliphatic carbocycles. The Balaban J connectivity index is 1.51. The molecule has 0 radical (unpaired) electrons. The van der Waals surface area contributed by atoms with Gasteiger partial charge in [0.15, 0.2) is 6.29 Å². The molecule has 2 atom stereocenters. The smallest absolute Gasteiger partial charge is 0.267 e. The van der Waals surface area contributed by atoms with Crippen molar-refractivity contribution in [1.82, 2.24) is 5.48 Å². The maximum Gasteiger partial charge on any atom is 0.267 e. The zero-order chi connectivity index (χ0) is 15.4. The summed E-state index contributed by atoms with van der Waals surface area (Å²) in [7, 11) is 0. The number of carbonyl (C=O) groups excluding carboxylic acids is 1. The quantitative estimate of drug-likeness (QED) is 0.660. The van der Waals surface area contributed by atoms with Gasteiger partial charge < -0.3 is 10.5 Å². The third-order valence-electron chi connectivity index (χ3n) is 4.15. The first kappa shape index (κ1) is 15.2. The van der Waals surface area contributed by atoms with Crippen LogP contribution < -0.4 is 11.2 Å². The molecule has 0 aromatic heterocycles. The molecule has 1 saturated heterocycles. The highest BCUT2D eigenvalue weighted by Gasteiger charge is 2.18. The highest BCUT2D eigenvalue weighted by Crippen LogP contribution is 2.29. The van der Waals surface area contributed by atoms with Crippen molar-refractivity contribution in [1.29, 1.82) is 0 Å². The predicted molar refractivity (Wildman–Crippen MR) is 83.5 cm³/mol. The fourth-order valence-corrected chi connectivity index (χ4v) is 2.91. The zero-order valence-corrected chi connectivity index (χ0v) is 12.6. The minimum absolute atomic E-state index is 0.153. The number of benzene rings is 1. The summed E-state index contributed by atoms with van der Waals surface area (Å²) in [5, 5.41) is 0. The Kier molecular flexibility index (Phi) is 4.87. The number of fused-ring (bicyclic) bond motifs is 1. The van der Waals surface area contributed by atoms with E-state index < -0.39 is 0 Å². The molecular weight excluding hydrogens is 280 g/mol. The molecule has 1 aromatic carbocycles. The molecule has 22 heavy (non-hydrogen) atoms. The average Bonchev–Trinajstić information content (AvgIpc) is 2.93. The summed E-state index contributed by atoms with van der Waals surface area (Å²) in [6, 6.07) is 6.28. The van der Waals surface area contributed by atoms with Crippen molar-refractivity contribution in [2.24, 2.45) is 5.73 Å². The largest absolute Gasteiger partial charge is 0.350 e. The van der Waals surface area contributed by atoms with E-state index in [4.69, 9.17) is 15.3 Å². The fourth-order valence-electron chi connectivity index (χ4n) is 2.91. The van der Waals surface area contributed by atoms with Gasteiger partial charge in [-0.05, 0) is 48.4 Å². The molecule has 1 aromatic rings. The van der Waals surface area contributed by atoms with Crippen LogP contribution in [0.3, 0.4) is 0 Å². The van der Waals surface area contributed by atoms with Crippen molar-refractivity contribution in [3.05, 3.63) is 41.0 Å². The lowest BCUT2D eigenvalue weighted by molar-refractivity contribution is -0.198. The third kappa shape index (κ3) is 3.74. The SMILES string of the molecule is NC1CCc2cc(/C=C/C(=O)NOC3CCCCO3)ccc21. The number of rotatable bonds is 4. The van der Waals surface area contributed by atoms with Crippen LogP contribution in [0.5, 0.6) is 0 Å². The van der Waals surface area contributed by atoms with E-state index in [9.17, 15) is 4.79 Å². The van der Waals surface area contributed by atoms with Crippen LogP contribution in [0.15, 0.2) is 24.3 Å². The summed E-state index contributed by atoms with van der Waals surface area (Å²) in [4.78, 5) is 17.0. The molecule has 1 amide bonds.